The van der Waals surface area contributed by atoms with Gasteiger partial charge in [-0.25, -0.2) is 0 Å². The number of carbonyl (C=O) groups is 5. The van der Waals surface area contributed by atoms with Crippen LogP contribution >= 0.6 is 0 Å². The number of hydrogen-bond donors (Lipinski definition) is 0. The van der Waals surface area contributed by atoms with Crippen molar-refractivity contribution in [1.82, 2.24) is 0 Å². The lowest BCUT2D eigenvalue weighted by Gasteiger charge is -2.19. The van der Waals surface area contributed by atoms with E-state index in [0.29, 0.717) is 0 Å². The van der Waals surface area contributed by atoms with Crippen molar-refractivity contribution >= 4 is 40.8 Å². The van der Waals surface area contributed by atoms with E-state index in [9.17, 15) is 28.8 Å². The van der Waals surface area contributed by atoms with Gasteiger partial charge in [-0.2, -0.15) is 0 Å². The Kier molecular flexibility index (Phi) is 7.71. The fourth-order valence-corrected chi connectivity index (χ4v) is 3.27. The minimum absolute atomic E-state index is 0.260. The molecule has 0 atom stereocenters. The van der Waals surface area contributed by atoms with Crippen LogP contribution in [-0.4, -0.2) is 29.8 Å². The van der Waals surface area contributed by atoms with E-state index in [2.05, 4.69) is 0 Å². The molecular formula is C25H20O12. The number of rotatable bonds is 6. The maximum atomic E-state index is 13.8. The van der Waals surface area contributed by atoms with Crippen LogP contribution in [0.15, 0.2) is 39.5 Å². The zero-order valence-corrected chi connectivity index (χ0v) is 20.3. The van der Waals surface area contributed by atoms with E-state index in [0.717, 1.165) is 34.6 Å². The van der Waals surface area contributed by atoms with Gasteiger partial charge in [-0.3, -0.25) is 28.8 Å². The fourth-order valence-electron chi connectivity index (χ4n) is 3.27. The Morgan fingerprint density at radius 2 is 0.973 bits per heavy atom. The number of benzene rings is 2. The van der Waals surface area contributed by atoms with Crippen molar-refractivity contribution in [2.24, 2.45) is 0 Å². The van der Waals surface area contributed by atoms with Crippen LogP contribution in [0.1, 0.15) is 34.6 Å². The van der Waals surface area contributed by atoms with Crippen molar-refractivity contribution in [3.05, 3.63) is 40.6 Å². The third-order valence-electron chi connectivity index (χ3n) is 4.39. The molecule has 192 valence electrons. The summed E-state index contributed by atoms with van der Waals surface area (Å²) in [6.45, 7) is 5.03. The molecule has 0 saturated carbocycles. The molecule has 0 aliphatic heterocycles. The molecule has 3 rings (SSSR count). The highest BCUT2D eigenvalue weighted by atomic mass is 16.6. The first-order chi connectivity index (χ1) is 17.4. The third kappa shape index (κ3) is 5.81. The molecule has 0 fully saturated rings. The number of hydrogen-bond acceptors (Lipinski definition) is 12. The minimum Gasteiger partial charge on any atom is -0.448 e. The molecule has 37 heavy (non-hydrogen) atoms. The van der Waals surface area contributed by atoms with Gasteiger partial charge >= 0.3 is 29.8 Å². The van der Waals surface area contributed by atoms with Crippen LogP contribution in [0.3, 0.4) is 0 Å². The molecule has 0 amide bonds. The predicted octanol–water partition coefficient (Wildman–Crippen LogP) is 3.09. The molecule has 3 aromatic rings. The van der Waals surface area contributed by atoms with E-state index in [-0.39, 0.29) is 11.3 Å². The zero-order chi connectivity index (χ0) is 27.4. The topological polar surface area (TPSA) is 162 Å². The highest BCUT2D eigenvalue weighted by molar-refractivity contribution is 6.01. The van der Waals surface area contributed by atoms with Crippen molar-refractivity contribution in [2.75, 3.05) is 0 Å². The van der Waals surface area contributed by atoms with Gasteiger partial charge in [-0.1, -0.05) is 30.3 Å². The van der Waals surface area contributed by atoms with Crippen LogP contribution in [-0.2, 0) is 24.0 Å². The predicted molar refractivity (Wildman–Crippen MR) is 124 cm³/mol. The van der Waals surface area contributed by atoms with Crippen LogP contribution < -0.4 is 29.1 Å². The van der Waals surface area contributed by atoms with Gasteiger partial charge in [0.2, 0.25) is 28.4 Å². The van der Waals surface area contributed by atoms with Crippen molar-refractivity contribution in [3.63, 3.8) is 0 Å². The summed E-state index contributed by atoms with van der Waals surface area (Å²) in [6, 6.07) is 7.98. The Balaban J connectivity index is 2.68. The second-order valence-corrected chi connectivity index (χ2v) is 7.44. The third-order valence-corrected chi connectivity index (χ3v) is 4.39. The van der Waals surface area contributed by atoms with Crippen molar-refractivity contribution in [3.8, 4) is 40.1 Å². The summed E-state index contributed by atoms with van der Waals surface area (Å²) in [5.74, 6) is -8.29. The standard InChI is InChI=1S/C25H20O12/c1-11(26)32-20-17-18(31)22(33-12(2)27)19(16-9-7-6-8-10-16)37-21(17)24(35-14(4)29)25(36-15(5)30)23(20)34-13(3)28/h6-10H,1-5H3. The van der Waals surface area contributed by atoms with Gasteiger partial charge in [0, 0.05) is 40.2 Å². The summed E-state index contributed by atoms with van der Waals surface area (Å²) in [5, 5.41) is -0.602. The number of esters is 5. The van der Waals surface area contributed by atoms with E-state index in [1.54, 1.807) is 18.2 Å². The fraction of sp³-hybridized carbons (Fsp3) is 0.200. The molecular weight excluding hydrogens is 492 g/mol. The molecule has 0 saturated heterocycles. The highest BCUT2D eigenvalue weighted by Gasteiger charge is 2.34. The molecule has 1 aromatic heterocycles. The Hall–Kier alpha value is -5.00. The zero-order valence-electron chi connectivity index (χ0n) is 20.3. The Bertz CT molecular complexity index is 1500. The van der Waals surface area contributed by atoms with Gasteiger partial charge in [-0.15, -0.1) is 0 Å². The molecule has 0 spiro atoms. The maximum Gasteiger partial charge on any atom is 0.308 e. The maximum absolute atomic E-state index is 13.8. The van der Waals surface area contributed by atoms with Crippen LogP contribution in [0, 0.1) is 0 Å². The summed E-state index contributed by atoms with van der Waals surface area (Å²) in [6.07, 6.45) is 0. The monoisotopic (exact) mass is 512 g/mol. The Morgan fingerprint density at radius 3 is 1.46 bits per heavy atom. The highest BCUT2D eigenvalue weighted by Crippen LogP contribution is 2.52. The van der Waals surface area contributed by atoms with E-state index < -0.39 is 75.0 Å². The molecule has 12 nitrogen and oxygen atoms in total. The van der Waals surface area contributed by atoms with Crippen molar-refractivity contribution in [2.45, 2.75) is 34.6 Å². The number of carbonyl (C=O) groups excluding carboxylic acids is 5. The molecule has 0 bridgehead atoms. The normalized spacial score (nSPS) is 10.4. The number of fused-ring (bicyclic) bond motifs is 1. The number of ether oxygens (including phenoxy) is 5. The van der Waals surface area contributed by atoms with Gasteiger partial charge in [0.25, 0.3) is 0 Å². The molecule has 0 aliphatic carbocycles. The van der Waals surface area contributed by atoms with E-state index in [1.807, 2.05) is 0 Å². The van der Waals surface area contributed by atoms with E-state index in [1.165, 1.54) is 12.1 Å². The van der Waals surface area contributed by atoms with Gasteiger partial charge in [0.05, 0.1) is 0 Å². The van der Waals surface area contributed by atoms with Gasteiger partial charge in [0.15, 0.2) is 17.1 Å². The average Bonchev–Trinajstić information content (AvgIpc) is 2.79. The minimum atomic E-state index is -1.05. The van der Waals surface area contributed by atoms with Gasteiger partial charge in [0.1, 0.15) is 5.39 Å². The summed E-state index contributed by atoms with van der Waals surface area (Å²) >= 11 is 0. The first-order valence-electron chi connectivity index (χ1n) is 10.6. The Morgan fingerprint density at radius 1 is 0.568 bits per heavy atom. The lowest BCUT2D eigenvalue weighted by Crippen LogP contribution is -2.18. The van der Waals surface area contributed by atoms with Crippen LogP contribution in [0.4, 0.5) is 0 Å². The lowest BCUT2D eigenvalue weighted by molar-refractivity contribution is -0.136. The summed E-state index contributed by atoms with van der Waals surface area (Å²) in [4.78, 5) is 73.4. The van der Waals surface area contributed by atoms with Gasteiger partial charge < -0.3 is 28.1 Å². The molecule has 1 heterocycles. The molecule has 0 unspecified atom stereocenters. The average molecular weight is 512 g/mol. The summed E-state index contributed by atoms with van der Waals surface area (Å²) < 4.78 is 31.8. The van der Waals surface area contributed by atoms with Gasteiger partial charge in [-0.05, 0) is 0 Å². The quantitative estimate of drug-likeness (QED) is 0.351. The van der Waals surface area contributed by atoms with Crippen LogP contribution in [0.25, 0.3) is 22.3 Å². The molecule has 0 N–H and O–H groups in total. The molecule has 2 aromatic carbocycles. The molecule has 12 heteroatoms. The first kappa shape index (κ1) is 26.6. The van der Waals surface area contributed by atoms with E-state index >= 15 is 0 Å². The molecule has 0 radical (unpaired) electrons. The van der Waals surface area contributed by atoms with E-state index in [4.69, 9.17) is 28.1 Å². The SMILES string of the molecule is CC(=O)Oc1c(OC(C)=O)c(OC(C)=O)c2c(=O)c(OC(C)=O)c(-c3ccccc3)oc2c1OC(C)=O. The van der Waals surface area contributed by atoms with Crippen molar-refractivity contribution < 1.29 is 52.1 Å². The van der Waals surface area contributed by atoms with Crippen LogP contribution in [0.2, 0.25) is 0 Å². The van der Waals surface area contributed by atoms with Crippen LogP contribution in [0.5, 0.6) is 28.7 Å². The first-order valence-corrected chi connectivity index (χ1v) is 10.6. The lowest BCUT2D eigenvalue weighted by atomic mass is 10.1. The van der Waals surface area contributed by atoms with Crippen molar-refractivity contribution in [1.29, 1.82) is 0 Å². The second kappa shape index (κ2) is 10.7. The summed E-state index contributed by atoms with van der Waals surface area (Å²) in [7, 11) is 0. The Labute approximate surface area is 208 Å². The molecule has 0 aliphatic rings. The summed E-state index contributed by atoms with van der Waals surface area (Å²) in [5.41, 5.74) is -1.31. The second-order valence-electron chi connectivity index (χ2n) is 7.44. The largest absolute Gasteiger partial charge is 0.448 e. The smallest absolute Gasteiger partial charge is 0.308 e.